The van der Waals surface area contributed by atoms with Gasteiger partial charge >= 0.3 is 11.9 Å². The van der Waals surface area contributed by atoms with Crippen molar-refractivity contribution in [2.45, 2.75) is 26.7 Å². The van der Waals surface area contributed by atoms with Gasteiger partial charge in [0.25, 0.3) is 0 Å². The van der Waals surface area contributed by atoms with Crippen molar-refractivity contribution in [1.29, 1.82) is 0 Å². The second-order valence-corrected chi connectivity index (χ2v) is 5.81. The molecule has 0 spiro atoms. The largest absolute Gasteiger partial charge is 0.481 e. The van der Waals surface area contributed by atoms with Crippen molar-refractivity contribution in [3.8, 4) is 0 Å². The minimum absolute atomic E-state index is 0.0244. The number of aryl methyl sites for hydroxylation is 1. The van der Waals surface area contributed by atoms with E-state index in [2.05, 4.69) is 0 Å². The fraction of sp³-hybridized carbons (Fsp3) is 0.294. The average Bonchev–Trinajstić information content (AvgIpc) is 2.44. The molecular formula is C17H19NO4. The van der Waals surface area contributed by atoms with E-state index in [4.69, 9.17) is 5.73 Å². The summed E-state index contributed by atoms with van der Waals surface area (Å²) in [7, 11) is 0. The molecule has 1 aliphatic rings. The predicted molar refractivity (Wildman–Crippen MR) is 83.5 cm³/mol. The van der Waals surface area contributed by atoms with Crippen molar-refractivity contribution >= 4 is 17.6 Å². The van der Waals surface area contributed by atoms with E-state index in [1.807, 2.05) is 13.0 Å². The number of nitrogen functional groups attached to an aromatic ring is 1. The molecule has 0 aromatic heterocycles. The first-order valence-electron chi connectivity index (χ1n) is 6.96. The first-order chi connectivity index (χ1) is 10.2. The summed E-state index contributed by atoms with van der Waals surface area (Å²) < 4.78 is 0. The van der Waals surface area contributed by atoms with Gasteiger partial charge in [-0.2, -0.15) is 0 Å². The van der Waals surface area contributed by atoms with Crippen molar-refractivity contribution in [3.05, 3.63) is 52.6 Å². The first-order valence-corrected chi connectivity index (χ1v) is 6.96. The molecule has 5 nitrogen and oxygen atoms in total. The van der Waals surface area contributed by atoms with Gasteiger partial charge in [0.05, 0.1) is 5.41 Å². The molecule has 0 bridgehead atoms. The van der Waals surface area contributed by atoms with E-state index in [0.29, 0.717) is 11.3 Å². The molecule has 0 heterocycles. The van der Waals surface area contributed by atoms with Crippen LogP contribution in [0.4, 0.5) is 5.69 Å². The number of carboxylic acids is 2. The van der Waals surface area contributed by atoms with Gasteiger partial charge < -0.3 is 15.9 Å². The number of benzene rings is 1. The molecule has 1 unspecified atom stereocenters. The fourth-order valence-electron chi connectivity index (χ4n) is 2.70. The van der Waals surface area contributed by atoms with Crippen LogP contribution in [0.1, 0.15) is 24.5 Å². The Balaban J connectivity index is 2.39. The Hall–Kier alpha value is -2.56. The quantitative estimate of drug-likeness (QED) is 0.742. The maximum atomic E-state index is 11.8. The van der Waals surface area contributed by atoms with E-state index in [0.717, 1.165) is 11.1 Å². The summed E-state index contributed by atoms with van der Waals surface area (Å²) in [5.74, 6) is -2.09. The van der Waals surface area contributed by atoms with Crippen LogP contribution in [-0.4, -0.2) is 22.2 Å². The van der Waals surface area contributed by atoms with Crippen LogP contribution in [0.15, 0.2) is 41.5 Å². The maximum absolute atomic E-state index is 11.8. The van der Waals surface area contributed by atoms with E-state index >= 15 is 0 Å². The Bertz CT molecular complexity index is 703. The van der Waals surface area contributed by atoms with Crippen molar-refractivity contribution in [3.63, 3.8) is 0 Å². The Morgan fingerprint density at radius 2 is 1.95 bits per heavy atom. The lowest BCUT2D eigenvalue weighted by Gasteiger charge is -2.30. The van der Waals surface area contributed by atoms with Crippen LogP contribution in [0.25, 0.3) is 0 Å². The molecule has 1 aromatic carbocycles. The van der Waals surface area contributed by atoms with E-state index in [-0.39, 0.29) is 18.4 Å². The minimum atomic E-state index is -1.24. The molecule has 1 aliphatic carbocycles. The maximum Gasteiger partial charge on any atom is 0.331 e. The molecule has 0 fully saturated rings. The Labute approximate surface area is 128 Å². The molecule has 116 valence electrons. The van der Waals surface area contributed by atoms with Crippen LogP contribution in [0.3, 0.4) is 0 Å². The molecule has 0 aliphatic heterocycles. The van der Waals surface area contributed by atoms with E-state index in [1.165, 1.54) is 0 Å². The Morgan fingerprint density at radius 1 is 1.27 bits per heavy atom. The summed E-state index contributed by atoms with van der Waals surface area (Å²) in [6.45, 7) is 3.54. The normalized spacial score (nSPS) is 21.0. The van der Waals surface area contributed by atoms with Gasteiger partial charge in [-0.15, -0.1) is 0 Å². The summed E-state index contributed by atoms with van der Waals surface area (Å²) in [5, 5.41) is 18.9. The number of hydrogen-bond acceptors (Lipinski definition) is 3. The van der Waals surface area contributed by atoms with Crippen molar-refractivity contribution < 1.29 is 19.8 Å². The van der Waals surface area contributed by atoms with Gasteiger partial charge in [-0.25, -0.2) is 4.79 Å². The number of allylic oxidation sites excluding steroid dienone is 2. The zero-order valence-electron chi connectivity index (χ0n) is 12.6. The van der Waals surface area contributed by atoms with Gasteiger partial charge in [0.1, 0.15) is 0 Å². The van der Waals surface area contributed by atoms with Gasteiger partial charge in [0, 0.05) is 11.3 Å². The van der Waals surface area contributed by atoms with Crippen molar-refractivity contribution in [2.24, 2.45) is 5.41 Å². The Kier molecular flexibility index (Phi) is 4.08. The number of carboxylic acid groups (broad SMARTS) is 2. The Morgan fingerprint density at radius 3 is 2.50 bits per heavy atom. The van der Waals surface area contributed by atoms with Crippen LogP contribution in [0, 0.1) is 12.3 Å². The van der Waals surface area contributed by atoms with Crippen LogP contribution >= 0.6 is 0 Å². The molecule has 1 atom stereocenters. The highest BCUT2D eigenvalue weighted by atomic mass is 16.4. The van der Waals surface area contributed by atoms with E-state index in [1.54, 1.807) is 31.2 Å². The van der Waals surface area contributed by atoms with Gasteiger partial charge in [-0.05, 0) is 49.5 Å². The standard InChI is InChI=1S/C17H19NO4/c1-10-5-6-17(16(21)22,9-13(10)15(19)20)8-12-3-4-14(18)11(2)7-12/h3-7H,8-9,18H2,1-2H3,(H,19,20)(H,21,22). The predicted octanol–water partition coefficient (Wildman–Crippen LogP) is 2.55. The molecule has 0 amide bonds. The highest BCUT2D eigenvalue weighted by Crippen LogP contribution is 2.38. The van der Waals surface area contributed by atoms with Crippen LogP contribution < -0.4 is 5.73 Å². The highest BCUT2D eigenvalue weighted by Gasteiger charge is 2.40. The third-order valence-electron chi connectivity index (χ3n) is 4.16. The van der Waals surface area contributed by atoms with Crippen LogP contribution in [0.5, 0.6) is 0 Å². The molecule has 1 aromatic rings. The smallest absolute Gasteiger partial charge is 0.331 e. The molecule has 0 radical (unpaired) electrons. The van der Waals surface area contributed by atoms with Crippen LogP contribution in [-0.2, 0) is 16.0 Å². The highest BCUT2D eigenvalue weighted by molar-refractivity contribution is 5.91. The van der Waals surface area contributed by atoms with E-state index in [9.17, 15) is 19.8 Å². The lowest BCUT2D eigenvalue weighted by atomic mass is 9.72. The lowest BCUT2D eigenvalue weighted by Crippen LogP contribution is -2.35. The molecule has 5 heteroatoms. The molecule has 0 saturated carbocycles. The molecular weight excluding hydrogens is 282 g/mol. The second-order valence-electron chi connectivity index (χ2n) is 5.81. The number of nitrogens with two attached hydrogens (primary N) is 1. The average molecular weight is 301 g/mol. The fourth-order valence-corrected chi connectivity index (χ4v) is 2.70. The lowest BCUT2D eigenvalue weighted by molar-refractivity contribution is -0.146. The van der Waals surface area contributed by atoms with Crippen molar-refractivity contribution in [1.82, 2.24) is 0 Å². The minimum Gasteiger partial charge on any atom is -0.481 e. The summed E-state index contributed by atoms with van der Waals surface area (Å²) in [6, 6.07) is 5.37. The number of anilines is 1. The summed E-state index contributed by atoms with van der Waals surface area (Å²) in [5.41, 5.74) is 7.63. The van der Waals surface area contributed by atoms with Gasteiger partial charge in [-0.1, -0.05) is 24.3 Å². The van der Waals surface area contributed by atoms with Gasteiger partial charge in [-0.3, -0.25) is 4.79 Å². The zero-order chi connectivity index (χ0) is 16.5. The second kappa shape index (κ2) is 5.67. The number of hydrogen-bond donors (Lipinski definition) is 3. The third kappa shape index (κ3) is 2.88. The van der Waals surface area contributed by atoms with Crippen molar-refractivity contribution in [2.75, 3.05) is 5.73 Å². The molecule has 4 N–H and O–H groups in total. The van der Waals surface area contributed by atoms with E-state index < -0.39 is 17.4 Å². The van der Waals surface area contributed by atoms with Crippen LogP contribution in [0.2, 0.25) is 0 Å². The SMILES string of the molecule is CC1=C(C(=O)O)CC(Cc2ccc(N)c(C)c2)(C(=O)O)C=C1. The first kappa shape index (κ1) is 15.8. The molecule has 0 saturated heterocycles. The molecule has 22 heavy (non-hydrogen) atoms. The topological polar surface area (TPSA) is 101 Å². The van der Waals surface area contributed by atoms with Gasteiger partial charge in [0.2, 0.25) is 0 Å². The number of rotatable bonds is 4. The summed E-state index contributed by atoms with van der Waals surface area (Å²) >= 11 is 0. The summed E-state index contributed by atoms with van der Waals surface area (Å²) in [6.07, 6.45) is 3.39. The number of aliphatic carboxylic acids is 2. The summed E-state index contributed by atoms with van der Waals surface area (Å²) in [4.78, 5) is 23.1. The number of carbonyl (C=O) groups is 2. The third-order valence-corrected chi connectivity index (χ3v) is 4.16. The van der Waals surface area contributed by atoms with Gasteiger partial charge in [0.15, 0.2) is 0 Å². The molecule has 2 rings (SSSR count). The zero-order valence-corrected chi connectivity index (χ0v) is 12.6. The monoisotopic (exact) mass is 301 g/mol.